The lowest BCUT2D eigenvalue weighted by Crippen LogP contribution is -2.50. The molecule has 0 unspecified atom stereocenters. The van der Waals surface area contributed by atoms with E-state index in [9.17, 15) is 14.4 Å². The van der Waals surface area contributed by atoms with Crippen molar-refractivity contribution in [1.82, 2.24) is 24.3 Å². The summed E-state index contributed by atoms with van der Waals surface area (Å²) in [5.41, 5.74) is 1.00. The molecule has 3 aliphatic rings. The van der Waals surface area contributed by atoms with E-state index in [4.69, 9.17) is 0 Å². The lowest BCUT2D eigenvalue weighted by atomic mass is 9.83. The van der Waals surface area contributed by atoms with Gasteiger partial charge in [0, 0.05) is 56.7 Å². The van der Waals surface area contributed by atoms with Gasteiger partial charge in [-0.3, -0.25) is 14.4 Å². The third-order valence-corrected chi connectivity index (χ3v) is 6.77. The summed E-state index contributed by atoms with van der Waals surface area (Å²) < 4.78 is 1.78. The van der Waals surface area contributed by atoms with Crippen LogP contribution in [-0.4, -0.2) is 62.3 Å². The van der Waals surface area contributed by atoms with E-state index in [0.29, 0.717) is 19.6 Å². The number of piperidine rings is 1. The second-order valence-electron chi connectivity index (χ2n) is 8.88. The van der Waals surface area contributed by atoms with Crippen LogP contribution in [0.25, 0.3) is 0 Å². The molecule has 2 aromatic heterocycles. The fourth-order valence-electron chi connectivity index (χ4n) is 5.27. The monoisotopic (exact) mass is 421 g/mol. The van der Waals surface area contributed by atoms with E-state index in [0.717, 1.165) is 50.9 Å². The number of likely N-dealkylation sites (tertiary alicyclic amines) is 2. The molecule has 2 bridgehead atoms. The Balaban J connectivity index is 1.40. The maximum atomic E-state index is 13.3. The van der Waals surface area contributed by atoms with Crippen LogP contribution in [0.2, 0.25) is 0 Å². The van der Waals surface area contributed by atoms with Crippen LogP contribution in [0, 0.1) is 5.92 Å². The zero-order valence-corrected chi connectivity index (χ0v) is 17.6. The molecule has 0 aliphatic carbocycles. The fraction of sp³-hybridized carbons (Fsp3) is 0.522. The SMILES string of the molecule is O=C(c1ncccn1)N1C[C@@H]2C[C@H](C1)c1ccc(C(=O)N3CCCCCC3)c(=O)n1C2. The highest BCUT2D eigenvalue weighted by Crippen LogP contribution is 2.35. The molecule has 5 rings (SSSR count). The van der Waals surface area contributed by atoms with Gasteiger partial charge in [-0.25, -0.2) is 9.97 Å². The summed E-state index contributed by atoms with van der Waals surface area (Å²) in [6.07, 6.45) is 8.36. The highest BCUT2D eigenvalue weighted by atomic mass is 16.2. The van der Waals surface area contributed by atoms with E-state index in [1.165, 1.54) is 0 Å². The minimum Gasteiger partial charge on any atom is -0.338 e. The van der Waals surface area contributed by atoms with Gasteiger partial charge >= 0.3 is 0 Å². The summed E-state index contributed by atoms with van der Waals surface area (Å²) >= 11 is 0. The van der Waals surface area contributed by atoms with Crippen molar-refractivity contribution in [1.29, 1.82) is 0 Å². The number of nitrogens with zero attached hydrogens (tertiary/aromatic N) is 5. The number of hydrogen-bond donors (Lipinski definition) is 0. The normalized spacial score (nSPS) is 23.1. The minimum atomic E-state index is -0.187. The Kier molecular flexibility index (Phi) is 5.29. The van der Waals surface area contributed by atoms with Crippen LogP contribution >= 0.6 is 0 Å². The lowest BCUT2D eigenvalue weighted by Gasteiger charge is -2.42. The first-order chi connectivity index (χ1) is 15.1. The molecule has 2 atom stereocenters. The van der Waals surface area contributed by atoms with Gasteiger partial charge in [0.05, 0.1) is 0 Å². The predicted octanol–water partition coefficient (Wildman–Crippen LogP) is 1.91. The predicted molar refractivity (Wildman–Crippen MR) is 114 cm³/mol. The Bertz CT molecular complexity index is 1040. The molecule has 2 saturated heterocycles. The van der Waals surface area contributed by atoms with Gasteiger partial charge in [0.25, 0.3) is 17.4 Å². The fourth-order valence-corrected chi connectivity index (χ4v) is 5.27. The molecule has 2 aromatic rings. The molecular formula is C23H27N5O3. The Hall–Kier alpha value is -3.03. The smallest absolute Gasteiger partial charge is 0.291 e. The molecule has 3 aliphatic heterocycles. The summed E-state index contributed by atoms with van der Waals surface area (Å²) in [7, 11) is 0. The van der Waals surface area contributed by atoms with Gasteiger partial charge in [0.2, 0.25) is 5.82 Å². The number of carbonyl (C=O) groups is 2. The van der Waals surface area contributed by atoms with Crippen LogP contribution in [0.3, 0.4) is 0 Å². The average molecular weight is 422 g/mol. The average Bonchev–Trinajstić information content (AvgIpc) is 3.09. The van der Waals surface area contributed by atoms with Gasteiger partial charge < -0.3 is 14.4 Å². The van der Waals surface area contributed by atoms with Gasteiger partial charge in [-0.1, -0.05) is 12.8 Å². The Morgan fingerprint density at radius 2 is 1.61 bits per heavy atom. The topological polar surface area (TPSA) is 88.4 Å². The van der Waals surface area contributed by atoms with Gasteiger partial charge in [-0.2, -0.15) is 0 Å². The maximum Gasteiger partial charge on any atom is 0.291 e. The summed E-state index contributed by atoms with van der Waals surface area (Å²) in [6, 6.07) is 5.30. The van der Waals surface area contributed by atoms with Crippen molar-refractivity contribution in [2.24, 2.45) is 5.92 Å². The van der Waals surface area contributed by atoms with Crippen molar-refractivity contribution in [2.45, 2.75) is 44.6 Å². The third kappa shape index (κ3) is 3.75. The van der Waals surface area contributed by atoms with Gasteiger partial charge in [-0.05, 0) is 43.4 Å². The summed E-state index contributed by atoms with van der Waals surface area (Å²) in [5.74, 6) is 0.156. The Morgan fingerprint density at radius 1 is 0.871 bits per heavy atom. The van der Waals surface area contributed by atoms with Gasteiger partial charge in [0.1, 0.15) is 5.56 Å². The van der Waals surface area contributed by atoms with Crippen molar-refractivity contribution >= 4 is 11.8 Å². The zero-order valence-electron chi connectivity index (χ0n) is 17.6. The highest BCUT2D eigenvalue weighted by molar-refractivity contribution is 5.94. The first-order valence-corrected chi connectivity index (χ1v) is 11.2. The molecule has 162 valence electrons. The van der Waals surface area contributed by atoms with Gasteiger partial charge in [-0.15, -0.1) is 0 Å². The van der Waals surface area contributed by atoms with Gasteiger partial charge in [0.15, 0.2) is 0 Å². The molecule has 0 spiro atoms. The maximum absolute atomic E-state index is 13.3. The van der Waals surface area contributed by atoms with E-state index >= 15 is 0 Å². The van der Waals surface area contributed by atoms with Crippen LogP contribution in [0.1, 0.15) is 64.7 Å². The molecule has 0 saturated carbocycles. The molecular weight excluding hydrogens is 394 g/mol. The van der Waals surface area contributed by atoms with E-state index in [1.54, 1.807) is 34.0 Å². The molecule has 31 heavy (non-hydrogen) atoms. The highest BCUT2D eigenvalue weighted by Gasteiger charge is 2.38. The molecule has 8 nitrogen and oxygen atoms in total. The number of fused-ring (bicyclic) bond motifs is 4. The van der Waals surface area contributed by atoms with Crippen molar-refractivity contribution in [3.05, 3.63) is 58.0 Å². The number of hydrogen-bond acceptors (Lipinski definition) is 5. The second-order valence-corrected chi connectivity index (χ2v) is 8.88. The quantitative estimate of drug-likeness (QED) is 0.739. The van der Waals surface area contributed by atoms with Crippen molar-refractivity contribution in [2.75, 3.05) is 26.2 Å². The Morgan fingerprint density at radius 3 is 2.35 bits per heavy atom. The first kappa shape index (κ1) is 19.9. The van der Waals surface area contributed by atoms with E-state index in [-0.39, 0.29) is 40.6 Å². The Labute approximate surface area is 180 Å². The van der Waals surface area contributed by atoms with Crippen LogP contribution in [0.15, 0.2) is 35.4 Å². The summed E-state index contributed by atoms with van der Waals surface area (Å²) in [5, 5.41) is 0. The molecule has 5 heterocycles. The minimum absolute atomic E-state index is 0.0789. The van der Waals surface area contributed by atoms with Crippen molar-refractivity contribution < 1.29 is 9.59 Å². The first-order valence-electron chi connectivity index (χ1n) is 11.2. The largest absolute Gasteiger partial charge is 0.338 e. The third-order valence-electron chi connectivity index (χ3n) is 6.77. The number of amides is 2. The van der Waals surface area contributed by atoms with Crippen molar-refractivity contribution in [3.8, 4) is 0 Å². The number of rotatable bonds is 2. The van der Waals surface area contributed by atoms with Crippen LogP contribution in [0.4, 0.5) is 0 Å². The molecule has 0 radical (unpaired) electrons. The van der Waals surface area contributed by atoms with Crippen LogP contribution in [-0.2, 0) is 6.54 Å². The van der Waals surface area contributed by atoms with E-state index in [2.05, 4.69) is 9.97 Å². The second kappa shape index (κ2) is 8.24. The number of carbonyl (C=O) groups excluding carboxylic acids is 2. The molecule has 8 heteroatoms. The van der Waals surface area contributed by atoms with E-state index < -0.39 is 0 Å². The lowest BCUT2D eigenvalue weighted by molar-refractivity contribution is 0.0582. The molecule has 0 N–H and O–H groups in total. The number of pyridine rings is 1. The summed E-state index contributed by atoms with van der Waals surface area (Å²) in [4.78, 5) is 51.0. The molecule has 0 aromatic carbocycles. The molecule has 2 fully saturated rings. The van der Waals surface area contributed by atoms with Crippen molar-refractivity contribution in [3.63, 3.8) is 0 Å². The van der Waals surface area contributed by atoms with Crippen LogP contribution < -0.4 is 5.56 Å². The van der Waals surface area contributed by atoms with E-state index in [1.807, 2.05) is 11.0 Å². The van der Waals surface area contributed by atoms with Crippen LogP contribution in [0.5, 0.6) is 0 Å². The summed E-state index contributed by atoms with van der Waals surface area (Å²) in [6.45, 7) is 3.09. The number of aromatic nitrogens is 3. The zero-order chi connectivity index (χ0) is 21.4. The molecule has 2 amide bonds. The standard InChI is InChI=1S/C23H27N5O3/c29-21(26-10-3-1-2-4-11-26)18-6-7-19-17-12-16(14-28(19)22(18)30)13-27(15-17)23(31)20-24-8-5-9-25-20/h5-9,16-17H,1-4,10-15H2/t16-,17+/m0/s1.